The number of carboxylic acid groups (broad SMARTS) is 1. The first kappa shape index (κ1) is 22.8. The molecule has 0 aromatic heterocycles. The maximum Gasteiger partial charge on any atom is 0.408 e. The van der Waals surface area contributed by atoms with Gasteiger partial charge in [-0.05, 0) is 51.3 Å². The predicted octanol–water partition coefficient (Wildman–Crippen LogP) is 4.41. The maximum atomic E-state index is 11.8. The van der Waals surface area contributed by atoms with Crippen LogP contribution in [-0.2, 0) is 16.0 Å². The Morgan fingerprint density at radius 1 is 1.07 bits per heavy atom. The van der Waals surface area contributed by atoms with Gasteiger partial charge in [0.15, 0.2) is 0 Å². The predicted molar refractivity (Wildman–Crippen MR) is 105 cm³/mol. The number of hydrogen-bond donors (Lipinski definition) is 2. The highest BCUT2D eigenvalue weighted by atomic mass is 16.6. The third-order valence-electron chi connectivity index (χ3n) is 4.65. The Kier molecular flexibility index (Phi) is 8.13. The summed E-state index contributed by atoms with van der Waals surface area (Å²) in [7, 11) is 0. The quantitative estimate of drug-likeness (QED) is 0.664. The van der Waals surface area contributed by atoms with E-state index in [-0.39, 0.29) is 11.8 Å². The van der Waals surface area contributed by atoms with Crippen LogP contribution in [0.4, 0.5) is 4.79 Å². The number of rotatable bonds is 9. The molecule has 6 nitrogen and oxygen atoms in total. The molecule has 1 rings (SSSR count). The van der Waals surface area contributed by atoms with Crippen LogP contribution in [0.25, 0.3) is 0 Å². The van der Waals surface area contributed by atoms with Gasteiger partial charge < -0.3 is 19.9 Å². The van der Waals surface area contributed by atoms with Crippen molar-refractivity contribution in [2.75, 3.05) is 6.61 Å². The summed E-state index contributed by atoms with van der Waals surface area (Å²) >= 11 is 0. The Morgan fingerprint density at radius 2 is 1.63 bits per heavy atom. The smallest absolute Gasteiger partial charge is 0.408 e. The number of ether oxygens (including phenoxy) is 2. The van der Waals surface area contributed by atoms with Crippen molar-refractivity contribution in [1.82, 2.24) is 5.32 Å². The molecule has 0 unspecified atom stereocenters. The van der Waals surface area contributed by atoms with Gasteiger partial charge in [-0.25, -0.2) is 9.59 Å². The van der Waals surface area contributed by atoms with Crippen LogP contribution in [0.15, 0.2) is 24.3 Å². The van der Waals surface area contributed by atoms with Crippen molar-refractivity contribution in [2.24, 2.45) is 5.41 Å². The van der Waals surface area contributed by atoms with Crippen LogP contribution in [0.1, 0.15) is 59.9 Å². The summed E-state index contributed by atoms with van der Waals surface area (Å²) in [6.45, 7) is 12.3. The van der Waals surface area contributed by atoms with Gasteiger partial charge in [0, 0.05) is 11.8 Å². The first-order valence-electron chi connectivity index (χ1n) is 9.42. The second-order valence-corrected chi connectivity index (χ2v) is 8.19. The van der Waals surface area contributed by atoms with Crippen molar-refractivity contribution >= 4 is 12.1 Å². The van der Waals surface area contributed by atoms with Crippen molar-refractivity contribution in [1.29, 1.82) is 0 Å². The zero-order chi connectivity index (χ0) is 20.7. The second kappa shape index (κ2) is 9.62. The van der Waals surface area contributed by atoms with Crippen molar-refractivity contribution in [3.8, 4) is 5.75 Å². The molecule has 0 heterocycles. The highest BCUT2D eigenvalue weighted by molar-refractivity contribution is 5.80. The fraction of sp³-hybridized carbons (Fsp3) is 0.619. The van der Waals surface area contributed by atoms with E-state index < -0.39 is 23.7 Å². The van der Waals surface area contributed by atoms with Crippen molar-refractivity contribution < 1.29 is 24.2 Å². The lowest BCUT2D eigenvalue weighted by atomic mass is 9.86. The van der Waals surface area contributed by atoms with E-state index in [0.717, 1.165) is 24.2 Å². The summed E-state index contributed by atoms with van der Waals surface area (Å²) in [4.78, 5) is 23.3. The Hall–Kier alpha value is -2.24. The monoisotopic (exact) mass is 379 g/mol. The molecule has 0 bridgehead atoms. The number of nitrogens with one attached hydrogen (secondary N) is 1. The van der Waals surface area contributed by atoms with Gasteiger partial charge >= 0.3 is 12.1 Å². The number of alkyl carbamates (subject to hydrolysis) is 1. The van der Waals surface area contributed by atoms with E-state index in [1.807, 2.05) is 24.3 Å². The zero-order valence-corrected chi connectivity index (χ0v) is 17.3. The fourth-order valence-electron chi connectivity index (χ4n) is 2.32. The summed E-state index contributed by atoms with van der Waals surface area (Å²) in [5, 5.41) is 11.8. The lowest BCUT2D eigenvalue weighted by molar-refractivity contribution is -0.139. The molecule has 6 heteroatoms. The molecular weight excluding hydrogens is 346 g/mol. The molecule has 1 amide bonds. The number of carboxylic acids is 1. The van der Waals surface area contributed by atoms with E-state index in [4.69, 9.17) is 9.47 Å². The summed E-state index contributed by atoms with van der Waals surface area (Å²) in [5.74, 6) is -0.360. The lowest BCUT2D eigenvalue weighted by Crippen LogP contribution is -2.44. The average Bonchev–Trinajstić information content (AvgIpc) is 2.58. The van der Waals surface area contributed by atoms with Crippen molar-refractivity contribution in [3.05, 3.63) is 29.8 Å². The van der Waals surface area contributed by atoms with E-state index in [1.165, 1.54) is 0 Å². The third kappa shape index (κ3) is 8.33. The van der Waals surface area contributed by atoms with Gasteiger partial charge in [-0.3, -0.25) is 0 Å². The summed E-state index contributed by atoms with van der Waals surface area (Å²) < 4.78 is 11.0. The molecule has 0 aliphatic carbocycles. The number of carbonyl (C=O) groups is 2. The van der Waals surface area contributed by atoms with Crippen LogP contribution in [0.2, 0.25) is 0 Å². The normalized spacial score (nSPS) is 13.0. The van der Waals surface area contributed by atoms with Gasteiger partial charge in [0.1, 0.15) is 17.4 Å². The van der Waals surface area contributed by atoms with E-state index in [1.54, 1.807) is 20.8 Å². The molecule has 27 heavy (non-hydrogen) atoms. The minimum absolute atomic E-state index is 0.143. The molecule has 0 aliphatic heterocycles. The van der Waals surface area contributed by atoms with Crippen LogP contribution < -0.4 is 10.1 Å². The number of benzene rings is 1. The topological polar surface area (TPSA) is 84.9 Å². The van der Waals surface area contributed by atoms with Gasteiger partial charge in [0.05, 0.1) is 6.61 Å². The van der Waals surface area contributed by atoms with Crippen molar-refractivity contribution in [2.45, 2.75) is 72.4 Å². The molecule has 0 fully saturated rings. The number of carbonyl (C=O) groups excluding carboxylic acids is 1. The zero-order valence-electron chi connectivity index (χ0n) is 17.3. The Morgan fingerprint density at radius 3 is 2.07 bits per heavy atom. The molecule has 2 N–H and O–H groups in total. The summed E-state index contributed by atoms with van der Waals surface area (Å²) in [6, 6.07) is 6.23. The number of aliphatic carboxylic acids is 1. The highest BCUT2D eigenvalue weighted by Gasteiger charge is 2.24. The lowest BCUT2D eigenvalue weighted by Gasteiger charge is -2.26. The van der Waals surface area contributed by atoms with Crippen LogP contribution in [0.5, 0.6) is 5.75 Å². The number of hydrogen-bond acceptors (Lipinski definition) is 4. The van der Waals surface area contributed by atoms with Gasteiger partial charge in [-0.1, -0.05) is 32.9 Å². The van der Waals surface area contributed by atoms with Crippen LogP contribution in [0, 0.1) is 5.41 Å². The molecule has 152 valence electrons. The first-order valence-corrected chi connectivity index (χ1v) is 9.42. The molecule has 0 aliphatic rings. The second-order valence-electron chi connectivity index (χ2n) is 8.19. The molecule has 0 spiro atoms. The molecule has 0 saturated carbocycles. The Bertz CT molecular complexity index is 614. The van der Waals surface area contributed by atoms with E-state index in [0.29, 0.717) is 6.61 Å². The molecule has 0 radical (unpaired) electrons. The molecule has 1 aromatic rings. The van der Waals surface area contributed by atoms with E-state index >= 15 is 0 Å². The highest BCUT2D eigenvalue weighted by Crippen LogP contribution is 2.26. The van der Waals surface area contributed by atoms with E-state index in [9.17, 15) is 14.7 Å². The minimum atomic E-state index is -1.11. The molecule has 1 atom stereocenters. The van der Waals surface area contributed by atoms with Gasteiger partial charge in [-0.2, -0.15) is 0 Å². The Labute approximate surface area is 162 Å². The standard InChI is InChI=1S/C21H33NO5/c1-7-21(6,8-2)14-26-16-11-9-15(10-12-16)13-17(18(23)24)22-19(25)27-20(3,4)5/h9-12,17H,7-8,13-14H2,1-6H3,(H,22,25)(H,23,24)/t17-/m0/s1. The van der Waals surface area contributed by atoms with Gasteiger partial charge in [0.25, 0.3) is 0 Å². The minimum Gasteiger partial charge on any atom is -0.493 e. The van der Waals surface area contributed by atoms with Crippen LogP contribution in [0.3, 0.4) is 0 Å². The third-order valence-corrected chi connectivity index (χ3v) is 4.65. The van der Waals surface area contributed by atoms with E-state index in [2.05, 4.69) is 26.1 Å². The number of amides is 1. The molecule has 0 saturated heterocycles. The van der Waals surface area contributed by atoms with Crippen LogP contribution in [-0.4, -0.2) is 35.4 Å². The summed E-state index contributed by atoms with van der Waals surface area (Å²) in [6.07, 6.45) is 1.50. The SMILES string of the molecule is CCC(C)(CC)COc1ccc(C[C@H](NC(=O)OC(C)(C)C)C(=O)O)cc1. The summed E-state index contributed by atoms with van der Waals surface area (Å²) in [5.41, 5.74) is 0.252. The van der Waals surface area contributed by atoms with Crippen LogP contribution >= 0.6 is 0 Å². The fourth-order valence-corrected chi connectivity index (χ4v) is 2.32. The van der Waals surface area contributed by atoms with Gasteiger partial charge in [-0.15, -0.1) is 0 Å². The maximum absolute atomic E-state index is 11.8. The average molecular weight is 379 g/mol. The largest absolute Gasteiger partial charge is 0.493 e. The van der Waals surface area contributed by atoms with Gasteiger partial charge in [0.2, 0.25) is 0 Å². The molecular formula is C21H33NO5. The Balaban J connectivity index is 2.68. The molecule has 1 aromatic carbocycles. The van der Waals surface area contributed by atoms with Crippen molar-refractivity contribution in [3.63, 3.8) is 0 Å². The first-order chi connectivity index (χ1) is 12.5.